The largest absolute Gasteiger partial charge is 0.481 e. The lowest BCUT2D eigenvalue weighted by molar-refractivity contribution is -0.146. The van der Waals surface area contributed by atoms with Crippen LogP contribution in [0.2, 0.25) is 0 Å². The second kappa shape index (κ2) is 26.9. The van der Waals surface area contributed by atoms with E-state index in [1.54, 1.807) is 0 Å². The van der Waals surface area contributed by atoms with E-state index in [1.165, 1.54) is 96.3 Å². The molecule has 224 valence electrons. The summed E-state index contributed by atoms with van der Waals surface area (Å²) in [5.41, 5.74) is 4.70. The number of hydrogen-bond donors (Lipinski definition) is 4. The number of unbranched alkanes of at least 4 members (excludes halogenated alkanes) is 17. The normalized spacial score (nSPS) is 12.8. The SMILES string of the molecule is CCCCCCCCCCCCO[C@H](CCCCCCCCCCC)CC(=O)NN[C@H](CC(=O)O)C(=O)O. The third-order valence-corrected chi connectivity index (χ3v) is 6.96. The van der Waals surface area contributed by atoms with Gasteiger partial charge in [0.15, 0.2) is 0 Å². The van der Waals surface area contributed by atoms with E-state index in [1.807, 2.05) is 0 Å². The molecule has 0 rings (SSSR count). The summed E-state index contributed by atoms with van der Waals surface area (Å²) >= 11 is 0. The Balaban J connectivity index is 4.31. The molecule has 1 amide bonds. The summed E-state index contributed by atoms with van der Waals surface area (Å²) in [5, 5.41) is 18.0. The molecular formula is C30H58N2O6. The molecule has 0 bridgehead atoms. The molecule has 8 heteroatoms. The van der Waals surface area contributed by atoms with Crippen LogP contribution in [0.25, 0.3) is 0 Å². The molecule has 0 aliphatic rings. The monoisotopic (exact) mass is 542 g/mol. The van der Waals surface area contributed by atoms with Crippen molar-refractivity contribution in [2.24, 2.45) is 0 Å². The second-order valence-corrected chi connectivity index (χ2v) is 10.7. The van der Waals surface area contributed by atoms with Gasteiger partial charge in [-0.1, -0.05) is 129 Å². The van der Waals surface area contributed by atoms with Gasteiger partial charge in [-0.15, -0.1) is 0 Å². The fourth-order valence-corrected chi connectivity index (χ4v) is 4.57. The zero-order valence-corrected chi connectivity index (χ0v) is 24.4. The Hall–Kier alpha value is -1.67. The highest BCUT2D eigenvalue weighted by Crippen LogP contribution is 2.15. The predicted molar refractivity (Wildman–Crippen MR) is 153 cm³/mol. The zero-order chi connectivity index (χ0) is 28.3. The number of hydrogen-bond acceptors (Lipinski definition) is 5. The standard InChI is InChI=1S/C30H58N2O6/c1-3-5-7-9-11-13-15-17-19-21-23-38-26(22-20-18-16-14-12-10-8-6-4-2)24-28(33)32-31-27(30(36)37)25-29(34)35/h26-27,31H,3-25H2,1-2H3,(H,32,33)(H,34,35)(H,36,37)/t26-,27-/m1/s1. The summed E-state index contributed by atoms with van der Waals surface area (Å²) in [7, 11) is 0. The molecule has 0 saturated carbocycles. The average molecular weight is 543 g/mol. The van der Waals surface area contributed by atoms with Crippen molar-refractivity contribution in [3.05, 3.63) is 0 Å². The Morgan fingerprint density at radius 1 is 0.632 bits per heavy atom. The maximum absolute atomic E-state index is 12.4. The molecule has 0 aliphatic heterocycles. The van der Waals surface area contributed by atoms with E-state index in [0.717, 1.165) is 32.1 Å². The van der Waals surface area contributed by atoms with E-state index >= 15 is 0 Å². The molecule has 4 N–H and O–H groups in total. The van der Waals surface area contributed by atoms with Crippen LogP contribution in [0.15, 0.2) is 0 Å². The average Bonchev–Trinajstić information content (AvgIpc) is 2.88. The summed E-state index contributed by atoms with van der Waals surface area (Å²) in [6.07, 6.45) is 23.7. The van der Waals surface area contributed by atoms with Crippen LogP contribution < -0.4 is 10.9 Å². The minimum Gasteiger partial charge on any atom is -0.481 e. The minimum absolute atomic E-state index is 0.126. The first kappa shape index (κ1) is 36.3. The van der Waals surface area contributed by atoms with Crippen LogP contribution in [0.5, 0.6) is 0 Å². The number of amides is 1. The van der Waals surface area contributed by atoms with Crippen molar-refractivity contribution in [1.82, 2.24) is 10.9 Å². The number of aliphatic carboxylic acids is 2. The van der Waals surface area contributed by atoms with E-state index < -0.39 is 24.4 Å². The molecular weight excluding hydrogens is 484 g/mol. The summed E-state index contributed by atoms with van der Waals surface area (Å²) in [4.78, 5) is 34.5. The van der Waals surface area contributed by atoms with Gasteiger partial charge in [-0.2, -0.15) is 0 Å². The Kier molecular flexibility index (Phi) is 25.7. The van der Waals surface area contributed by atoms with Crippen LogP contribution >= 0.6 is 0 Å². The summed E-state index contributed by atoms with van der Waals surface area (Å²) in [6.45, 7) is 5.09. The first-order valence-electron chi connectivity index (χ1n) is 15.5. The highest BCUT2D eigenvalue weighted by atomic mass is 16.5. The highest BCUT2D eigenvalue weighted by Gasteiger charge is 2.22. The lowest BCUT2D eigenvalue weighted by atomic mass is 10.0. The third-order valence-electron chi connectivity index (χ3n) is 6.96. The van der Waals surface area contributed by atoms with Crippen molar-refractivity contribution in [3.63, 3.8) is 0 Å². The minimum atomic E-state index is -1.38. The highest BCUT2D eigenvalue weighted by molar-refractivity contribution is 5.81. The van der Waals surface area contributed by atoms with Gasteiger partial charge in [-0.05, 0) is 12.8 Å². The first-order valence-corrected chi connectivity index (χ1v) is 15.5. The van der Waals surface area contributed by atoms with Crippen molar-refractivity contribution >= 4 is 17.8 Å². The van der Waals surface area contributed by atoms with Gasteiger partial charge in [0.05, 0.1) is 18.9 Å². The van der Waals surface area contributed by atoms with Crippen LogP contribution in [0.4, 0.5) is 0 Å². The molecule has 0 fully saturated rings. The van der Waals surface area contributed by atoms with Crippen molar-refractivity contribution in [2.75, 3.05) is 6.61 Å². The van der Waals surface area contributed by atoms with Gasteiger partial charge < -0.3 is 14.9 Å². The first-order chi connectivity index (χ1) is 18.4. The molecule has 8 nitrogen and oxygen atoms in total. The van der Waals surface area contributed by atoms with Gasteiger partial charge in [0.2, 0.25) is 5.91 Å². The summed E-state index contributed by atoms with van der Waals surface area (Å²) in [5.74, 6) is -2.95. The van der Waals surface area contributed by atoms with Crippen LogP contribution in [0.1, 0.15) is 155 Å². The van der Waals surface area contributed by atoms with E-state index in [-0.39, 0.29) is 18.4 Å². The number of nitrogens with one attached hydrogen (secondary N) is 2. The Morgan fingerprint density at radius 2 is 1.08 bits per heavy atom. The molecule has 0 heterocycles. The van der Waals surface area contributed by atoms with Crippen LogP contribution in [0, 0.1) is 0 Å². The van der Waals surface area contributed by atoms with Gasteiger partial charge >= 0.3 is 11.9 Å². The smallest absolute Gasteiger partial charge is 0.323 e. The van der Waals surface area contributed by atoms with Crippen LogP contribution in [-0.4, -0.2) is 46.8 Å². The number of ether oxygens (including phenoxy) is 1. The number of carboxylic acids is 2. The van der Waals surface area contributed by atoms with E-state index in [2.05, 4.69) is 24.7 Å². The molecule has 0 saturated heterocycles. The molecule has 0 radical (unpaired) electrons. The van der Waals surface area contributed by atoms with Gasteiger partial charge in [-0.3, -0.25) is 19.8 Å². The second-order valence-electron chi connectivity index (χ2n) is 10.7. The summed E-state index contributed by atoms with van der Waals surface area (Å²) < 4.78 is 6.08. The summed E-state index contributed by atoms with van der Waals surface area (Å²) in [6, 6.07) is -1.38. The fourth-order valence-electron chi connectivity index (χ4n) is 4.57. The third kappa shape index (κ3) is 24.7. The number of carboxylic acid groups (broad SMARTS) is 2. The fraction of sp³-hybridized carbons (Fsp3) is 0.900. The van der Waals surface area contributed by atoms with Crippen molar-refractivity contribution in [1.29, 1.82) is 0 Å². The predicted octanol–water partition coefficient (Wildman–Crippen LogP) is 7.15. The van der Waals surface area contributed by atoms with E-state index in [0.29, 0.717) is 6.61 Å². The zero-order valence-electron chi connectivity index (χ0n) is 24.4. The van der Waals surface area contributed by atoms with Gasteiger partial charge in [0.25, 0.3) is 0 Å². The van der Waals surface area contributed by atoms with Gasteiger partial charge in [0.1, 0.15) is 6.04 Å². The van der Waals surface area contributed by atoms with Crippen molar-refractivity contribution in [2.45, 2.75) is 167 Å². The molecule has 0 spiro atoms. The van der Waals surface area contributed by atoms with Crippen molar-refractivity contribution in [3.8, 4) is 0 Å². The van der Waals surface area contributed by atoms with E-state index in [9.17, 15) is 14.4 Å². The lowest BCUT2D eigenvalue weighted by Crippen LogP contribution is -2.49. The quantitative estimate of drug-likeness (QED) is 0.0584. The number of hydrazine groups is 1. The molecule has 38 heavy (non-hydrogen) atoms. The lowest BCUT2D eigenvalue weighted by Gasteiger charge is -2.19. The number of rotatable bonds is 29. The maximum atomic E-state index is 12.4. The molecule has 0 unspecified atom stereocenters. The number of carbonyl (C=O) groups excluding carboxylic acids is 1. The molecule has 0 aliphatic carbocycles. The van der Waals surface area contributed by atoms with Gasteiger partial charge in [-0.25, -0.2) is 5.43 Å². The Bertz CT molecular complexity index is 587. The molecule has 0 aromatic carbocycles. The maximum Gasteiger partial charge on any atom is 0.323 e. The van der Waals surface area contributed by atoms with Gasteiger partial charge in [0, 0.05) is 6.61 Å². The van der Waals surface area contributed by atoms with Crippen LogP contribution in [-0.2, 0) is 19.1 Å². The topological polar surface area (TPSA) is 125 Å². The Labute approximate surface area is 232 Å². The molecule has 2 atom stereocenters. The number of carbonyl (C=O) groups is 3. The Morgan fingerprint density at radius 3 is 1.53 bits per heavy atom. The molecule has 0 aromatic heterocycles. The molecule has 0 aromatic rings. The van der Waals surface area contributed by atoms with Crippen molar-refractivity contribution < 1.29 is 29.3 Å². The van der Waals surface area contributed by atoms with Crippen LogP contribution in [0.3, 0.4) is 0 Å². The van der Waals surface area contributed by atoms with E-state index in [4.69, 9.17) is 14.9 Å².